The summed E-state index contributed by atoms with van der Waals surface area (Å²) in [6, 6.07) is 0. The molecule has 52 heavy (non-hydrogen) atoms. The molecule has 0 aromatic rings. The van der Waals surface area contributed by atoms with Crippen LogP contribution < -0.4 is 0 Å². The number of carbonyl (C=O) groups excluding carboxylic acids is 2. The van der Waals surface area contributed by atoms with E-state index < -0.39 is 34.3 Å². The van der Waals surface area contributed by atoms with E-state index in [1.54, 1.807) is 27.7 Å². The van der Waals surface area contributed by atoms with E-state index in [1.807, 2.05) is 27.7 Å². The summed E-state index contributed by atoms with van der Waals surface area (Å²) in [5, 5.41) is 10.3. The van der Waals surface area contributed by atoms with Crippen molar-refractivity contribution in [2.24, 2.45) is 11.8 Å². The third-order valence-corrected chi connectivity index (χ3v) is 9.95. The zero-order valence-electron chi connectivity index (χ0n) is 35.2. The van der Waals surface area contributed by atoms with Gasteiger partial charge in [-0.25, -0.2) is 19.4 Å². The van der Waals surface area contributed by atoms with Crippen LogP contribution in [0.4, 0.5) is 0 Å². The highest BCUT2D eigenvalue weighted by Gasteiger charge is 2.45. The number of hydrogen-bond donors (Lipinski definition) is 0. The van der Waals surface area contributed by atoms with Crippen LogP contribution in [0, 0.1) is 11.8 Å². The van der Waals surface area contributed by atoms with E-state index >= 15 is 0 Å². The molecule has 0 aromatic heterocycles. The predicted octanol–water partition coefficient (Wildman–Crippen LogP) is 11.1. The molecule has 0 saturated heterocycles. The van der Waals surface area contributed by atoms with Crippen molar-refractivity contribution in [1.29, 1.82) is 0 Å². The quantitative estimate of drug-likeness (QED) is 0.0347. The fourth-order valence-corrected chi connectivity index (χ4v) is 5.40. The predicted molar refractivity (Wildman–Crippen MR) is 200 cm³/mol. The Kier molecular flexibility index (Phi) is 27.3. The summed E-state index contributed by atoms with van der Waals surface area (Å²) in [5.41, 5.74) is -4.60. The van der Waals surface area contributed by atoms with E-state index in [4.69, 9.17) is 49.2 Å². The molecule has 310 valence electrons. The van der Waals surface area contributed by atoms with Gasteiger partial charge in [-0.2, -0.15) is 19.6 Å². The average molecular weight is 751 g/mol. The molecular formula is C40H78O12. The van der Waals surface area contributed by atoms with Gasteiger partial charge < -0.3 is 0 Å². The number of rotatable bonds is 35. The first-order valence-corrected chi connectivity index (χ1v) is 20.4. The monoisotopic (exact) mass is 751 g/mol. The van der Waals surface area contributed by atoms with Crippen LogP contribution in [0.1, 0.15) is 199 Å². The van der Waals surface area contributed by atoms with Crippen molar-refractivity contribution in [3.63, 3.8) is 0 Å². The van der Waals surface area contributed by atoms with E-state index in [9.17, 15) is 9.59 Å². The maximum atomic E-state index is 13.4. The Bertz CT molecular complexity index is 841. The lowest BCUT2D eigenvalue weighted by molar-refractivity contribution is -0.543. The Hall–Kier alpha value is -1.38. The molecule has 12 nitrogen and oxygen atoms in total. The minimum absolute atomic E-state index is 0.300. The zero-order chi connectivity index (χ0) is 39.5. The molecule has 12 heteroatoms. The lowest BCUT2D eigenvalue weighted by Crippen LogP contribution is -2.45. The van der Waals surface area contributed by atoms with Crippen LogP contribution in [-0.4, -0.2) is 47.6 Å². The summed E-state index contributed by atoms with van der Waals surface area (Å²) < 4.78 is 0. The first-order chi connectivity index (χ1) is 24.7. The number of unbranched alkanes of at least 4 members (excludes halogenated alkanes) is 4. The average Bonchev–Trinajstić information content (AvgIpc) is 3.14. The molecule has 0 bridgehead atoms. The van der Waals surface area contributed by atoms with E-state index in [1.165, 1.54) is 0 Å². The smallest absolute Gasteiger partial charge is 0.294 e. The molecular weight excluding hydrogens is 672 g/mol. The van der Waals surface area contributed by atoms with Crippen molar-refractivity contribution in [2.45, 2.75) is 221 Å². The molecule has 0 saturated carbocycles. The second-order valence-corrected chi connectivity index (χ2v) is 15.5. The van der Waals surface area contributed by atoms with Gasteiger partial charge in [0.15, 0.2) is 0 Å². The molecule has 0 aromatic carbocycles. The SMILES string of the molecule is CCCCC(CC)COOOC(CC)(CCCC)C(=O)OOC(C)(C)CCC(C)(C)OOC(=O)C(CC)(CCCC)OOOCC(CC)CCCC. The molecule has 0 amide bonds. The summed E-state index contributed by atoms with van der Waals surface area (Å²) >= 11 is 0. The van der Waals surface area contributed by atoms with Crippen molar-refractivity contribution in [3.8, 4) is 0 Å². The van der Waals surface area contributed by atoms with Gasteiger partial charge in [0, 0.05) is 0 Å². The molecule has 4 unspecified atom stereocenters. The number of carbonyl (C=O) groups is 2. The van der Waals surface area contributed by atoms with Crippen LogP contribution in [0.3, 0.4) is 0 Å². The highest BCUT2D eigenvalue weighted by molar-refractivity contribution is 5.79. The Labute approximate surface area is 316 Å². The molecule has 0 aliphatic carbocycles. The minimum Gasteiger partial charge on any atom is -0.294 e. The molecule has 0 spiro atoms. The van der Waals surface area contributed by atoms with Crippen molar-refractivity contribution >= 4 is 11.9 Å². The van der Waals surface area contributed by atoms with Crippen molar-refractivity contribution in [1.82, 2.24) is 0 Å². The minimum atomic E-state index is -1.39. The van der Waals surface area contributed by atoms with Gasteiger partial charge in [-0.1, -0.05) is 130 Å². The molecule has 0 heterocycles. The van der Waals surface area contributed by atoms with Crippen LogP contribution in [0.2, 0.25) is 0 Å². The largest absolute Gasteiger partial charge is 0.377 e. The molecule has 0 N–H and O–H groups in total. The lowest BCUT2D eigenvalue weighted by atomic mass is 9.93. The second kappa shape index (κ2) is 28.1. The van der Waals surface area contributed by atoms with Crippen LogP contribution in [-0.2, 0) is 58.8 Å². The Morgan fingerprint density at radius 2 is 0.827 bits per heavy atom. The van der Waals surface area contributed by atoms with E-state index in [0.29, 0.717) is 76.4 Å². The highest BCUT2D eigenvalue weighted by Crippen LogP contribution is 2.31. The molecule has 0 fully saturated rings. The van der Waals surface area contributed by atoms with Crippen LogP contribution >= 0.6 is 0 Å². The van der Waals surface area contributed by atoms with Crippen molar-refractivity contribution in [2.75, 3.05) is 13.2 Å². The topological polar surface area (TPSA) is 126 Å². The fourth-order valence-electron chi connectivity index (χ4n) is 5.40. The second-order valence-electron chi connectivity index (χ2n) is 15.5. The van der Waals surface area contributed by atoms with Gasteiger partial charge in [0.05, 0.1) is 13.2 Å². The standard InChI is InChI=1S/C40H78O12/c1-13-21-25-33(17-5)31-43-51-49-39(19-7,27-23-15-3)35(41)45-47-37(9,10)29-30-38(11,12)48-46-36(42)40(20-8,28-24-16-4)50-52-44-32-34(18-6)26-22-14-2/h33-34H,13-32H2,1-12H3. The summed E-state index contributed by atoms with van der Waals surface area (Å²) in [5.74, 6) is -0.691. The third-order valence-electron chi connectivity index (χ3n) is 9.95. The fraction of sp³-hybridized carbons (Fsp3) is 0.950. The Balaban J connectivity index is 5.25. The summed E-state index contributed by atoms with van der Waals surface area (Å²) in [7, 11) is 0. The summed E-state index contributed by atoms with van der Waals surface area (Å²) in [4.78, 5) is 71.0. The molecule has 0 aliphatic heterocycles. The van der Waals surface area contributed by atoms with Crippen LogP contribution in [0.25, 0.3) is 0 Å². The van der Waals surface area contributed by atoms with Crippen LogP contribution in [0.5, 0.6) is 0 Å². The van der Waals surface area contributed by atoms with E-state index in [2.05, 4.69) is 27.7 Å². The van der Waals surface area contributed by atoms with Gasteiger partial charge in [-0.3, -0.25) is 9.78 Å². The molecule has 0 radical (unpaired) electrons. The third kappa shape index (κ3) is 20.3. The Morgan fingerprint density at radius 3 is 1.12 bits per heavy atom. The zero-order valence-corrected chi connectivity index (χ0v) is 35.2. The Morgan fingerprint density at radius 1 is 0.481 bits per heavy atom. The van der Waals surface area contributed by atoms with Gasteiger partial charge in [-0.05, 0) is 90.9 Å². The lowest BCUT2D eigenvalue weighted by Gasteiger charge is -2.32. The first kappa shape index (κ1) is 50.6. The maximum absolute atomic E-state index is 13.4. The van der Waals surface area contributed by atoms with E-state index in [-0.39, 0.29) is 0 Å². The van der Waals surface area contributed by atoms with Crippen molar-refractivity contribution < 1.29 is 58.8 Å². The van der Waals surface area contributed by atoms with Gasteiger partial charge >= 0.3 is 11.9 Å². The number of hydrogen-bond acceptors (Lipinski definition) is 12. The molecule has 4 atom stereocenters. The van der Waals surface area contributed by atoms with Gasteiger partial charge in [0.1, 0.15) is 11.2 Å². The van der Waals surface area contributed by atoms with Gasteiger partial charge in [-0.15, -0.1) is 0 Å². The highest BCUT2D eigenvalue weighted by atomic mass is 17.5. The van der Waals surface area contributed by atoms with E-state index in [0.717, 1.165) is 64.2 Å². The normalized spacial score (nSPS) is 15.8. The van der Waals surface area contributed by atoms with Gasteiger partial charge in [0.25, 0.3) is 0 Å². The van der Waals surface area contributed by atoms with Crippen LogP contribution in [0.15, 0.2) is 0 Å². The molecule has 0 rings (SSSR count). The first-order valence-electron chi connectivity index (χ1n) is 20.4. The summed E-state index contributed by atoms with van der Waals surface area (Å²) in [6.07, 6.45) is 13.7. The maximum Gasteiger partial charge on any atom is 0.377 e. The summed E-state index contributed by atoms with van der Waals surface area (Å²) in [6.45, 7) is 24.2. The van der Waals surface area contributed by atoms with Crippen molar-refractivity contribution in [3.05, 3.63) is 0 Å². The molecule has 0 aliphatic rings. The van der Waals surface area contributed by atoms with Gasteiger partial charge in [0.2, 0.25) is 11.2 Å².